The van der Waals surface area contributed by atoms with Crippen LogP contribution in [-0.2, 0) is 4.79 Å². The first-order valence-corrected chi connectivity index (χ1v) is 8.37. The number of benzene rings is 2. The summed E-state index contributed by atoms with van der Waals surface area (Å²) in [6, 6.07) is 7.96. The van der Waals surface area contributed by atoms with Crippen molar-refractivity contribution in [2.45, 2.75) is 6.92 Å². The highest BCUT2D eigenvalue weighted by Gasteiger charge is 2.37. The van der Waals surface area contributed by atoms with E-state index in [2.05, 4.69) is 5.32 Å². The number of fused-ring (bicyclic) bond motifs is 1. The maximum absolute atomic E-state index is 12.4. The fourth-order valence-corrected chi connectivity index (χ4v) is 3.01. The minimum atomic E-state index is -0.588. The second kappa shape index (κ2) is 6.97. The lowest BCUT2D eigenvalue weighted by molar-refractivity contribution is -0.116. The summed E-state index contributed by atoms with van der Waals surface area (Å²) in [5.74, 6) is -1.23. The van der Waals surface area contributed by atoms with Gasteiger partial charge in [0.1, 0.15) is 12.3 Å². The molecule has 0 aromatic heterocycles. The molecule has 2 aromatic rings. The molecule has 0 unspecified atom stereocenters. The summed E-state index contributed by atoms with van der Waals surface area (Å²) >= 11 is 11.8. The molecule has 0 spiro atoms. The first kappa shape index (κ1) is 18.2. The lowest BCUT2D eigenvalue weighted by atomic mass is 10.1. The van der Waals surface area contributed by atoms with E-state index in [1.807, 2.05) is 13.0 Å². The third-order valence-corrected chi connectivity index (χ3v) is 4.66. The van der Waals surface area contributed by atoms with Crippen LogP contribution in [0.3, 0.4) is 0 Å². The predicted octanol–water partition coefficient (Wildman–Crippen LogP) is 3.55. The van der Waals surface area contributed by atoms with Crippen LogP contribution in [0.15, 0.2) is 30.3 Å². The SMILES string of the molecule is COc1ccc(C)cc1NC(=O)CN1C(=O)c2cc(Cl)c(Cl)cc2C1=O. The van der Waals surface area contributed by atoms with Gasteiger partial charge in [-0.3, -0.25) is 19.3 Å². The van der Waals surface area contributed by atoms with Crippen molar-refractivity contribution in [3.63, 3.8) is 0 Å². The highest BCUT2D eigenvalue weighted by atomic mass is 35.5. The molecule has 0 bridgehead atoms. The molecule has 1 N–H and O–H groups in total. The van der Waals surface area contributed by atoms with Crippen molar-refractivity contribution in [3.8, 4) is 5.75 Å². The summed E-state index contributed by atoms with van der Waals surface area (Å²) in [4.78, 5) is 38.1. The first-order chi connectivity index (χ1) is 12.3. The second-order valence-electron chi connectivity index (χ2n) is 5.76. The smallest absolute Gasteiger partial charge is 0.262 e. The number of aryl methyl sites for hydroxylation is 1. The minimum absolute atomic E-state index is 0.130. The molecule has 3 rings (SSSR count). The van der Waals surface area contributed by atoms with Gasteiger partial charge >= 0.3 is 0 Å². The molecule has 134 valence electrons. The normalized spacial score (nSPS) is 13.0. The first-order valence-electron chi connectivity index (χ1n) is 7.61. The van der Waals surface area contributed by atoms with Gasteiger partial charge in [0.05, 0.1) is 34.0 Å². The van der Waals surface area contributed by atoms with E-state index in [9.17, 15) is 14.4 Å². The molecule has 8 heteroatoms. The van der Waals surface area contributed by atoms with Crippen LogP contribution in [0.4, 0.5) is 5.69 Å². The van der Waals surface area contributed by atoms with Gasteiger partial charge in [0, 0.05) is 0 Å². The average molecular weight is 393 g/mol. The minimum Gasteiger partial charge on any atom is -0.495 e. The second-order valence-corrected chi connectivity index (χ2v) is 6.57. The zero-order valence-electron chi connectivity index (χ0n) is 13.9. The monoisotopic (exact) mass is 392 g/mol. The molecule has 0 radical (unpaired) electrons. The number of halogens is 2. The summed E-state index contributed by atoms with van der Waals surface area (Å²) in [6.45, 7) is 1.44. The molecule has 0 atom stereocenters. The number of carbonyl (C=O) groups is 3. The van der Waals surface area contributed by atoms with Crippen molar-refractivity contribution in [2.24, 2.45) is 0 Å². The number of anilines is 1. The summed E-state index contributed by atoms with van der Waals surface area (Å²) in [7, 11) is 1.48. The van der Waals surface area contributed by atoms with E-state index in [0.29, 0.717) is 11.4 Å². The molecule has 0 saturated carbocycles. The highest BCUT2D eigenvalue weighted by molar-refractivity contribution is 6.43. The van der Waals surface area contributed by atoms with Crippen LogP contribution in [0, 0.1) is 6.92 Å². The summed E-state index contributed by atoms with van der Waals surface area (Å²) in [6.07, 6.45) is 0. The maximum atomic E-state index is 12.4. The Balaban J connectivity index is 1.80. The van der Waals surface area contributed by atoms with Gasteiger partial charge in [-0.2, -0.15) is 0 Å². The quantitative estimate of drug-likeness (QED) is 0.807. The van der Waals surface area contributed by atoms with Gasteiger partial charge in [-0.15, -0.1) is 0 Å². The number of methoxy groups -OCH3 is 1. The number of nitrogens with one attached hydrogen (secondary N) is 1. The Morgan fingerprint density at radius 1 is 1.08 bits per heavy atom. The molecule has 1 aliphatic heterocycles. The molecule has 0 saturated heterocycles. The van der Waals surface area contributed by atoms with Crippen molar-refractivity contribution < 1.29 is 19.1 Å². The van der Waals surface area contributed by atoms with Gasteiger partial charge in [-0.25, -0.2) is 0 Å². The zero-order chi connectivity index (χ0) is 19.0. The van der Waals surface area contributed by atoms with Gasteiger partial charge in [0.15, 0.2) is 0 Å². The Bertz CT molecular complexity index is 902. The molecule has 3 amide bonds. The number of imide groups is 1. The molecular formula is C18H14Cl2N2O4. The Kier molecular flexibility index (Phi) is 4.89. The Morgan fingerprint density at radius 3 is 2.19 bits per heavy atom. The zero-order valence-corrected chi connectivity index (χ0v) is 15.4. The Morgan fingerprint density at radius 2 is 1.65 bits per heavy atom. The molecule has 0 fully saturated rings. The van der Waals surface area contributed by atoms with Crippen LogP contribution < -0.4 is 10.1 Å². The Labute approximate surface area is 159 Å². The van der Waals surface area contributed by atoms with Gasteiger partial charge < -0.3 is 10.1 Å². The van der Waals surface area contributed by atoms with Gasteiger partial charge in [-0.1, -0.05) is 29.3 Å². The molecule has 1 aliphatic rings. The fourth-order valence-electron chi connectivity index (χ4n) is 2.68. The van der Waals surface area contributed by atoms with Crippen molar-refractivity contribution in [3.05, 3.63) is 57.1 Å². The van der Waals surface area contributed by atoms with Crippen molar-refractivity contribution in [1.29, 1.82) is 0 Å². The van der Waals surface area contributed by atoms with Gasteiger partial charge in [-0.05, 0) is 36.8 Å². The number of hydrogen-bond donors (Lipinski definition) is 1. The number of ether oxygens (including phenoxy) is 1. The molecular weight excluding hydrogens is 379 g/mol. The number of amides is 3. The third-order valence-electron chi connectivity index (χ3n) is 3.94. The van der Waals surface area contributed by atoms with E-state index in [1.54, 1.807) is 12.1 Å². The summed E-state index contributed by atoms with van der Waals surface area (Å²) in [5, 5.41) is 3.00. The average Bonchev–Trinajstić information content (AvgIpc) is 2.80. The topological polar surface area (TPSA) is 75.7 Å². The van der Waals surface area contributed by atoms with E-state index in [0.717, 1.165) is 10.5 Å². The molecule has 26 heavy (non-hydrogen) atoms. The van der Waals surface area contributed by atoms with Crippen LogP contribution in [0.5, 0.6) is 5.75 Å². The van der Waals surface area contributed by atoms with Gasteiger partial charge in [0.25, 0.3) is 11.8 Å². The van der Waals surface area contributed by atoms with E-state index in [4.69, 9.17) is 27.9 Å². The largest absolute Gasteiger partial charge is 0.495 e. The highest BCUT2D eigenvalue weighted by Crippen LogP contribution is 2.31. The third kappa shape index (κ3) is 3.25. The standard InChI is InChI=1S/C18H14Cl2N2O4/c1-9-3-4-15(26-2)14(5-9)21-16(23)8-22-17(24)10-6-12(19)13(20)7-11(10)18(22)25/h3-7H,8H2,1-2H3,(H,21,23). The van der Waals surface area contributed by atoms with E-state index < -0.39 is 24.3 Å². The number of nitrogens with zero attached hydrogens (tertiary/aromatic N) is 1. The summed E-state index contributed by atoms with van der Waals surface area (Å²) < 4.78 is 5.20. The number of carbonyl (C=O) groups excluding carboxylic acids is 3. The van der Waals surface area contributed by atoms with Crippen molar-refractivity contribution in [2.75, 3.05) is 19.0 Å². The van der Waals surface area contributed by atoms with Crippen LogP contribution in [0.1, 0.15) is 26.3 Å². The summed E-state index contributed by atoms with van der Waals surface area (Å²) in [5.41, 5.74) is 1.64. The molecule has 0 aliphatic carbocycles. The van der Waals surface area contributed by atoms with E-state index in [1.165, 1.54) is 19.2 Å². The van der Waals surface area contributed by atoms with Crippen LogP contribution in [-0.4, -0.2) is 36.3 Å². The lowest BCUT2D eigenvalue weighted by Gasteiger charge is -2.15. The predicted molar refractivity (Wildman–Crippen MR) is 98.2 cm³/mol. The fraction of sp³-hybridized carbons (Fsp3) is 0.167. The molecule has 6 nitrogen and oxygen atoms in total. The lowest BCUT2D eigenvalue weighted by Crippen LogP contribution is -2.37. The molecule has 1 heterocycles. The maximum Gasteiger partial charge on any atom is 0.262 e. The van der Waals surface area contributed by atoms with E-state index in [-0.39, 0.29) is 21.2 Å². The van der Waals surface area contributed by atoms with Crippen LogP contribution in [0.2, 0.25) is 10.0 Å². The number of hydrogen-bond acceptors (Lipinski definition) is 4. The van der Waals surface area contributed by atoms with E-state index >= 15 is 0 Å². The van der Waals surface area contributed by atoms with Gasteiger partial charge in [0.2, 0.25) is 5.91 Å². The molecule has 2 aromatic carbocycles. The van der Waals surface area contributed by atoms with Crippen molar-refractivity contribution in [1.82, 2.24) is 4.90 Å². The van der Waals surface area contributed by atoms with Crippen molar-refractivity contribution >= 4 is 46.6 Å². The number of rotatable bonds is 4. The van der Waals surface area contributed by atoms with Crippen LogP contribution >= 0.6 is 23.2 Å². The van der Waals surface area contributed by atoms with Crippen LogP contribution in [0.25, 0.3) is 0 Å². The Hall–Kier alpha value is -2.57.